The number of hydrogen-bond donors (Lipinski definition) is 4. The number of hydrogen-bond acceptors (Lipinski definition) is 4. The first-order valence-corrected chi connectivity index (χ1v) is 4.42. The summed E-state index contributed by atoms with van der Waals surface area (Å²) in [4.78, 5) is 1.40. The molecule has 0 aromatic heterocycles. The van der Waals surface area contributed by atoms with Gasteiger partial charge in [-0.15, -0.1) is 25.3 Å². The third kappa shape index (κ3) is 1.25. The van der Waals surface area contributed by atoms with Crippen molar-refractivity contribution in [2.45, 2.75) is 23.6 Å². The van der Waals surface area contributed by atoms with Gasteiger partial charge in [-0.2, -0.15) is 0 Å². The summed E-state index contributed by atoms with van der Waals surface area (Å²) < 4.78 is 0. The molecule has 0 aliphatic carbocycles. The molecule has 1 rings (SSSR count). The first-order chi connectivity index (χ1) is 5.46. The van der Waals surface area contributed by atoms with Gasteiger partial charge < -0.3 is 11.5 Å². The fourth-order valence-electron chi connectivity index (χ4n) is 1.02. The van der Waals surface area contributed by atoms with Crippen LogP contribution in [0.1, 0.15) is 11.1 Å². The summed E-state index contributed by atoms with van der Waals surface area (Å²) >= 11 is 8.47. The molecule has 0 aliphatic heterocycles. The van der Waals surface area contributed by atoms with Crippen molar-refractivity contribution >= 4 is 36.6 Å². The molecule has 4 heteroatoms. The predicted molar refractivity (Wildman–Crippen MR) is 59.2 cm³/mol. The maximum absolute atomic E-state index is 5.76. The molecule has 1 aromatic carbocycles. The van der Waals surface area contributed by atoms with Crippen LogP contribution in [0.2, 0.25) is 0 Å². The van der Waals surface area contributed by atoms with Gasteiger partial charge in [-0.1, -0.05) is 0 Å². The van der Waals surface area contributed by atoms with Crippen LogP contribution in [-0.4, -0.2) is 0 Å². The monoisotopic (exact) mass is 200 g/mol. The molecular weight excluding hydrogens is 188 g/mol. The molecule has 66 valence electrons. The van der Waals surface area contributed by atoms with E-state index < -0.39 is 0 Å². The Labute approximate surface area is 83.2 Å². The fraction of sp³-hybridized carbons (Fsp3) is 0.250. The Bertz CT molecular complexity index is 229. The van der Waals surface area contributed by atoms with Crippen molar-refractivity contribution in [2.75, 3.05) is 11.5 Å². The molecule has 0 heterocycles. The Morgan fingerprint density at radius 3 is 1.83 bits per heavy atom. The summed E-state index contributed by atoms with van der Waals surface area (Å²) in [7, 11) is 0. The zero-order valence-corrected chi connectivity index (χ0v) is 8.84. The van der Waals surface area contributed by atoms with E-state index in [4.69, 9.17) is 11.5 Å². The minimum atomic E-state index is 0.558. The third-order valence-electron chi connectivity index (χ3n) is 2.09. The highest BCUT2D eigenvalue weighted by molar-refractivity contribution is 7.81. The molecule has 0 saturated carbocycles. The molecule has 0 bridgehead atoms. The highest BCUT2D eigenvalue weighted by Crippen LogP contribution is 2.35. The second kappa shape index (κ2) is 3.11. The van der Waals surface area contributed by atoms with E-state index >= 15 is 0 Å². The molecule has 0 aliphatic rings. The SMILES string of the molecule is Cc1c(C)c(S)c(N)c(S)c1N. The highest BCUT2D eigenvalue weighted by Gasteiger charge is 2.10. The van der Waals surface area contributed by atoms with Crippen LogP contribution in [0.25, 0.3) is 0 Å². The Hall–Kier alpha value is -0.480. The van der Waals surface area contributed by atoms with Gasteiger partial charge >= 0.3 is 0 Å². The summed E-state index contributed by atoms with van der Waals surface area (Å²) in [6.45, 7) is 3.88. The molecule has 1 aromatic rings. The van der Waals surface area contributed by atoms with Crippen LogP contribution in [0, 0.1) is 13.8 Å². The molecule has 0 radical (unpaired) electrons. The fourth-order valence-corrected chi connectivity index (χ4v) is 1.66. The summed E-state index contributed by atoms with van der Waals surface area (Å²) in [5.41, 5.74) is 14.7. The molecular formula is C8H12N2S2. The van der Waals surface area contributed by atoms with Gasteiger partial charge in [-0.25, -0.2) is 0 Å². The normalized spacial score (nSPS) is 10.3. The van der Waals surface area contributed by atoms with E-state index in [1.54, 1.807) is 0 Å². The number of benzene rings is 1. The number of nitrogens with two attached hydrogens (primary N) is 2. The number of rotatable bonds is 0. The van der Waals surface area contributed by atoms with E-state index in [0.29, 0.717) is 16.3 Å². The van der Waals surface area contributed by atoms with Crippen molar-refractivity contribution in [3.63, 3.8) is 0 Å². The second-order valence-electron chi connectivity index (χ2n) is 2.77. The van der Waals surface area contributed by atoms with Crippen molar-refractivity contribution in [1.82, 2.24) is 0 Å². The molecule has 12 heavy (non-hydrogen) atoms. The maximum atomic E-state index is 5.76. The van der Waals surface area contributed by atoms with Crippen LogP contribution in [0.3, 0.4) is 0 Å². The first-order valence-electron chi connectivity index (χ1n) is 3.52. The van der Waals surface area contributed by atoms with Gasteiger partial charge in [0.15, 0.2) is 0 Å². The summed E-state index contributed by atoms with van der Waals surface area (Å²) in [6.07, 6.45) is 0. The van der Waals surface area contributed by atoms with Crippen LogP contribution < -0.4 is 11.5 Å². The topological polar surface area (TPSA) is 52.0 Å². The van der Waals surface area contributed by atoms with E-state index in [1.807, 2.05) is 13.8 Å². The second-order valence-corrected chi connectivity index (χ2v) is 3.67. The largest absolute Gasteiger partial charge is 0.398 e. The van der Waals surface area contributed by atoms with Crippen LogP contribution >= 0.6 is 25.3 Å². The lowest BCUT2D eigenvalue weighted by Crippen LogP contribution is -2.00. The van der Waals surface area contributed by atoms with Gasteiger partial charge in [0.1, 0.15) is 0 Å². The summed E-state index contributed by atoms with van der Waals surface area (Å²) in [6, 6.07) is 0. The van der Waals surface area contributed by atoms with Crippen molar-refractivity contribution in [3.05, 3.63) is 11.1 Å². The van der Waals surface area contributed by atoms with E-state index in [0.717, 1.165) is 16.0 Å². The zero-order chi connectivity index (χ0) is 9.46. The number of anilines is 2. The van der Waals surface area contributed by atoms with Crippen LogP contribution in [0.4, 0.5) is 11.4 Å². The van der Waals surface area contributed by atoms with Gasteiger partial charge in [-0.05, 0) is 25.0 Å². The number of thiol groups is 2. The van der Waals surface area contributed by atoms with Crippen molar-refractivity contribution in [3.8, 4) is 0 Å². The van der Waals surface area contributed by atoms with Crippen molar-refractivity contribution in [2.24, 2.45) is 0 Å². The lowest BCUT2D eigenvalue weighted by Gasteiger charge is -2.13. The van der Waals surface area contributed by atoms with E-state index in [-0.39, 0.29) is 0 Å². The van der Waals surface area contributed by atoms with Crippen LogP contribution in [0.5, 0.6) is 0 Å². The maximum Gasteiger partial charge on any atom is 0.0609 e. The molecule has 0 amide bonds. The minimum absolute atomic E-state index is 0.558. The van der Waals surface area contributed by atoms with Gasteiger partial charge in [0.25, 0.3) is 0 Å². The third-order valence-corrected chi connectivity index (χ3v) is 3.15. The Morgan fingerprint density at radius 2 is 1.33 bits per heavy atom. The minimum Gasteiger partial charge on any atom is -0.398 e. The molecule has 0 unspecified atom stereocenters. The summed E-state index contributed by atoms with van der Waals surface area (Å²) in [5.74, 6) is 0. The Morgan fingerprint density at radius 1 is 0.833 bits per heavy atom. The van der Waals surface area contributed by atoms with Gasteiger partial charge in [0, 0.05) is 4.90 Å². The van der Waals surface area contributed by atoms with Crippen molar-refractivity contribution < 1.29 is 0 Å². The van der Waals surface area contributed by atoms with E-state index in [1.165, 1.54) is 0 Å². The van der Waals surface area contributed by atoms with Crippen LogP contribution in [0.15, 0.2) is 9.79 Å². The van der Waals surface area contributed by atoms with Crippen LogP contribution in [-0.2, 0) is 0 Å². The Balaban J connectivity index is 3.60. The van der Waals surface area contributed by atoms with E-state index in [2.05, 4.69) is 25.3 Å². The van der Waals surface area contributed by atoms with Gasteiger partial charge in [0.2, 0.25) is 0 Å². The lowest BCUT2D eigenvalue weighted by atomic mass is 10.1. The summed E-state index contributed by atoms with van der Waals surface area (Å²) in [5, 5.41) is 0. The average molecular weight is 200 g/mol. The molecule has 2 nitrogen and oxygen atoms in total. The molecule has 0 atom stereocenters. The van der Waals surface area contributed by atoms with Crippen molar-refractivity contribution in [1.29, 1.82) is 0 Å². The predicted octanol–water partition coefficient (Wildman–Crippen LogP) is 2.05. The average Bonchev–Trinajstić information content (AvgIpc) is 2.08. The Kier molecular flexibility index (Phi) is 2.49. The molecule has 0 spiro atoms. The van der Waals surface area contributed by atoms with Gasteiger partial charge in [-0.3, -0.25) is 0 Å². The number of nitrogen functional groups attached to an aromatic ring is 2. The smallest absolute Gasteiger partial charge is 0.0609 e. The lowest BCUT2D eigenvalue weighted by molar-refractivity contribution is 1.20. The molecule has 4 N–H and O–H groups in total. The standard InChI is InChI=1S/C8H12N2S2/c1-3-4(2)7(11)6(10)8(12)5(3)9/h11-12H,9-10H2,1-2H3. The zero-order valence-electron chi connectivity index (χ0n) is 7.05. The quantitative estimate of drug-likeness (QED) is 0.383. The van der Waals surface area contributed by atoms with Gasteiger partial charge in [0.05, 0.1) is 16.3 Å². The molecule has 0 fully saturated rings. The van der Waals surface area contributed by atoms with E-state index in [9.17, 15) is 0 Å². The molecule has 0 saturated heterocycles. The first kappa shape index (κ1) is 9.61. The highest BCUT2D eigenvalue weighted by atomic mass is 32.1.